The van der Waals surface area contributed by atoms with Crippen LogP contribution in [0, 0.1) is 12.7 Å². The van der Waals surface area contributed by atoms with E-state index >= 15 is 0 Å². The SMILES string of the molecule is CCOC(=O)c1ccc(N2C(C)Cc3nc(C)ccc3S2(=O)=O)c(F)c1. The highest BCUT2D eigenvalue weighted by atomic mass is 32.2. The first-order chi connectivity index (χ1) is 12.3. The van der Waals surface area contributed by atoms with Crippen molar-refractivity contribution in [2.75, 3.05) is 10.9 Å². The summed E-state index contributed by atoms with van der Waals surface area (Å²) in [5, 5.41) is 0. The minimum atomic E-state index is -3.95. The predicted octanol–water partition coefficient (Wildman–Crippen LogP) is 2.85. The lowest BCUT2D eigenvalue weighted by Gasteiger charge is -2.35. The molecular weight excluding hydrogens is 359 g/mol. The van der Waals surface area contributed by atoms with E-state index in [1.807, 2.05) is 0 Å². The zero-order valence-electron chi connectivity index (χ0n) is 14.7. The quantitative estimate of drug-likeness (QED) is 0.768. The largest absolute Gasteiger partial charge is 0.462 e. The van der Waals surface area contributed by atoms with E-state index in [0.29, 0.717) is 12.1 Å². The molecule has 1 unspecified atom stereocenters. The molecule has 0 radical (unpaired) electrons. The maximum absolute atomic E-state index is 14.7. The summed E-state index contributed by atoms with van der Waals surface area (Å²) >= 11 is 0. The Bertz CT molecular complexity index is 975. The van der Waals surface area contributed by atoms with Gasteiger partial charge in [0.1, 0.15) is 10.7 Å². The van der Waals surface area contributed by atoms with Crippen molar-refractivity contribution in [2.24, 2.45) is 0 Å². The van der Waals surface area contributed by atoms with Crippen molar-refractivity contribution in [3.63, 3.8) is 0 Å². The lowest BCUT2D eigenvalue weighted by Crippen LogP contribution is -2.45. The van der Waals surface area contributed by atoms with E-state index < -0.39 is 27.9 Å². The summed E-state index contributed by atoms with van der Waals surface area (Å²) < 4.78 is 46.6. The minimum Gasteiger partial charge on any atom is -0.462 e. The van der Waals surface area contributed by atoms with Crippen LogP contribution in [-0.4, -0.2) is 32.0 Å². The molecule has 0 saturated heterocycles. The Morgan fingerprint density at radius 3 is 2.73 bits per heavy atom. The summed E-state index contributed by atoms with van der Waals surface area (Å²) in [6.07, 6.45) is 0.370. The van der Waals surface area contributed by atoms with Crippen LogP contribution in [0.4, 0.5) is 10.1 Å². The molecule has 3 rings (SSSR count). The molecule has 1 atom stereocenters. The third-order valence-electron chi connectivity index (χ3n) is 4.19. The summed E-state index contributed by atoms with van der Waals surface area (Å²) in [5.74, 6) is -1.45. The number of halogens is 1. The molecule has 0 amide bonds. The van der Waals surface area contributed by atoms with Gasteiger partial charge in [0.15, 0.2) is 0 Å². The average Bonchev–Trinajstić information content (AvgIpc) is 2.55. The molecule has 0 bridgehead atoms. The lowest BCUT2D eigenvalue weighted by atomic mass is 10.1. The van der Waals surface area contributed by atoms with Crippen molar-refractivity contribution in [1.82, 2.24) is 4.98 Å². The van der Waals surface area contributed by atoms with Gasteiger partial charge in [0.25, 0.3) is 10.0 Å². The van der Waals surface area contributed by atoms with Crippen LogP contribution < -0.4 is 4.31 Å². The molecule has 2 heterocycles. The molecule has 0 fully saturated rings. The van der Waals surface area contributed by atoms with Gasteiger partial charge in [-0.2, -0.15) is 0 Å². The van der Waals surface area contributed by atoms with Gasteiger partial charge in [0.05, 0.1) is 23.6 Å². The smallest absolute Gasteiger partial charge is 0.338 e. The van der Waals surface area contributed by atoms with Crippen molar-refractivity contribution in [3.8, 4) is 0 Å². The first-order valence-electron chi connectivity index (χ1n) is 8.23. The third-order valence-corrected chi connectivity index (χ3v) is 6.20. The fourth-order valence-electron chi connectivity index (χ4n) is 3.08. The summed E-state index contributed by atoms with van der Waals surface area (Å²) in [6, 6.07) is 6.26. The number of hydrogen-bond donors (Lipinski definition) is 0. The van der Waals surface area contributed by atoms with Crippen LogP contribution in [0.1, 0.15) is 35.6 Å². The van der Waals surface area contributed by atoms with Gasteiger partial charge in [-0.15, -0.1) is 0 Å². The van der Waals surface area contributed by atoms with Gasteiger partial charge in [-0.25, -0.2) is 17.6 Å². The number of aryl methyl sites for hydroxylation is 1. The Hall–Kier alpha value is -2.48. The first-order valence-corrected chi connectivity index (χ1v) is 9.67. The van der Waals surface area contributed by atoms with Gasteiger partial charge in [-0.05, 0) is 51.1 Å². The van der Waals surface area contributed by atoms with Gasteiger partial charge in [-0.3, -0.25) is 9.29 Å². The topological polar surface area (TPSA) is 76.6 Å². The Balaban J connectivity index is 2.06. The monoisotopic (exact) mass is 378 g/mol. The van der Waals surface area contributed by atoms with Crippen LogP contribution in [-0.2, 0) is 21.2 Å². The van der Waals surface area contributed by atoms with Crippen LogP contribution in [0.2, 0.25) is 0 Å². The number of carbonyl (C=O) groups is 1. The molecule has 0 aliphatic carbocycles. The number of esters is 1. The van der Waals surface area contributed by atoms with Crippen molar-refractivity contribution < 1.29 is 22.3 Å². The molecule has 0 spiro atoms. The lowest BCUT2D eigenvalue weighted by molar-refractivity contribution is 0.0526. The van der Waals surface area contributed by atoms with E-state index in [-0.39, 0.29) is 22.8 Å². The third kappa shape index (κ3) is 3.05. The molecule has 26 heavy (non-hydrogen) atoms. The zero-order chi connectivity index (χ0) is 19.1. The number of hydrogen-bond acceptors (Lipinski definition) is 5. The molecule has 6 nitrogen and oxygen atoms in total. The number of benzene rings is 1. The normalized spacial score (nSPS) is 18.3. The van der Waals surface area contributed by atoms with Gasteiger partial charge in [0.2, 0.25) is 0 Å². The molecule has 1 aliphatic heterocycles. The predicted molar refractivity (Wildman–Crippen MR) is 94.2 cm³/mol. The van der Waals surface area contributed by atoms with Gasteiger partial charge in [-0.1, -0.05) is 0 Å². The van der Waals surface area contributed by atoms with Crippen LogP contribution in [0.5, 0.6) is 0 Å². The van der Waals surface area contributed by atoms with Crippen molar-refractivity contribution in [2.45, 2.75) is 38.1 Å². The van der Waals surface area contributed by atoms with Crippen molar-refractivity contribution >= 4 is 21.7 Å². The first kappa shape index (κ1) is 18.3. The number of sulfonamides is 1. The fourth-order valence-corrected chi connectivity index (χ4v) is 4.91. The molecule has 0 saturated carbocycles. The number of ether oxygens (including phenoxy) is 1. The maximum atomic E-state index is 14.7. The van der Waals surface area contributed by atoms with E-state index in [0.717, 1.165) is 16.1 Å². The molecule has 1 aromatic carbocycles. The summed E-state index contributed by atoms with van der Waals surface area (Å²) in [5.41, 5.74) is 1.14. The number of aromatic nitrogens is 1. The number of rotatable bonds is 3. The number of fused-ring (bicyclic) bond motifs is 1. The zero-order valence-corrected chi connectivity index (χ0v) is 15.5. The molecule has 138 valence electrons. The van der Waals surface area contributed by atoms with Gasteiger partial charge in [0, 0.05) is 18.2 Å². The number of carbonyl (C=O) groups excluding carboxylic acids is 1. The standard InChI is InChI=1S/C18H19FN2O4S/c1-4-25-18(22)13-6-7-16(14(19)10-13)21-12(3)9-15-17(26(21,23)24)8-5-11(2)20-15/h5-8,10,12H,4,9H2,1-3H3. The highest BCUT2D eigenvalue weighted by Crippen LogP contribution is 2.35. The molecule has 1 aromatic heterocycles. The maximum Gasteiger partial charge on any atom is 0.338 e. The number of nitrogens with zero attached hydrogens (tertiary/aromatic N) is 2. The van der Waals surface area contributed by atoms with Crippen LogP contribution >= 0.6 is 0 Å². The Morgan fingerprint density at radius 2 is 2.08 bits per heavy atom. The molecule has 0 N–H and O–H groups in total. The van der Waals surface area contributed by atoms with Crippen LogP contribution in [0.3, 0.4) is 0 Å². The second kappa shape index (κ2) is 6.68. The minimum absolute atomic E-state index is 0.0350. The van der Waals surface area contributed by atoms with E-state index in [1.54, 1.807) is 26.8 Å². The van der Waals surface area contributed by atoms with E-state index in [4.69, 9.17) is 4.74 Å². The molecule has 8 heteroatoms. The van der Waals surface area contributed by atoms with Crippen molar-refractivity contribution in [3.05, 3.63) is 53.1 Å². The highest BCUT2D eigenvalue weighted by Gasteiger charge is 2.38. The van der Waals surface area contributed by atoms with Crippen molar-refractivity contribution in [1.29, 1.82) is 0 Å². The second-order valence-corrected chi connectivity index (χ2v) is 7.92. The Morgan fingerprint density at radius 1 is 1.35 bits per heavy atom. The van der Waals surface area contributed by atoms with E-state index in [9.17, 15) is 17.6 Å². The summed E-state index contributed by atoms with van der Waals surface area (Å²) in [4.78, 5) is 16.1. The van der Waals surface area contributed by atoms with Gasteiger partial charge < -0.3 is 4.74 Å². The van der Waals surface area contributed by atoms with Gasteiger partial charge >= 0.3 is 5.97 Å². The number of anilines is 1. The highest BCUT2D eigenvalue weighted by molar-refractivity contribution is 7.93. The van der Waals surface area contributed by atoms with Crippen LogP contribution in [0.25, 0.3) is 0 Å². The Kier molecular flexibility index (Phi) is 4.70. The molecule has 1 aliphatic rings. The molecule has 2 aromatic rings. The van der Waals surface area contributed by atoms with E-state index in [1.165, 1.54) is 18.2 Å². The summed E-state index contributed by atoms with van der Waals surface area (Å²) in [6.45, 7) is 5.31. The molecular formula is C18H19FN2O4S. The fraction of sp³-hybridized carbons (Fsp3) is 0.333. The summed E-state index contributed by atoms with van der Waals surface area (Å²) in [7, 11) is -3.95. The van der Waals surface area contributed by atoms with Crippen LogP contribution in [0.15, 0.2) is 35.2 Å². The Labute approximate surface area is 151 Å². The number of pyridine rings is 1. The van der Waals surface area contributed by atoms with E-state index in [2.05, 4.69) is 4.98 Å². The average molecular weight is 378 g/mol. The second-order valence-electron chi connectivity index (χ2n) is 6.14.